The maximum atomic E-state index is 11.2. The molecule has 98 valence electrons. The summed E-state index contributed by atoms with van der Waals surface area (Å²) in [7, 11) is 1.31. The lowest BCUT2D eigenvalue weighted by Gasteiger charge is -2.25. The third-order valence-electron chi connectivity index (χ3n) is 3.41. The van der Waals surface area contributed by atoms with Gasteiger partial charge in [-0.25, -0.2) is 4.79 Å². The maximum Gasteiger partial charge on any atom is 0.358 e. The summed E-state index contributed by atoms with van der Waals surface area (Å²) in [5.41, 5.74) is 0.189. The molecule has 2 heterocycles. The second kappa shape index (κ2) is 5.30. The molecular formula is C12H17N3O3. The Morgan fingerprint density at radius 1 is 1.56 bits per heavy atom. The van der Waals surface area contributed by atoms with Crippen LogP contribution in [0.15, 0.2) is 12.1 Å². The van der Waals surface area contributed by atoms with Gasteiger partial charge in [0.25, 0.3) is 0 Å². The van der Waals surface area contributed by atoms with Crippen molar-refractivity contribution in [3.63, 3.8) is 0 Å². The van der Waals surface area contributed by atoms with Crippen LogP contribution in [0.2, 0.25) is 0 Å². The molecular weight excluding hydrogens is 234 g/mol. The minimum atomic E-state index is -0.498. The molecule has 2 atom stereocenters. The quantitative estimate of drug-likeness (QED) is 0.787. The monoisotopic (exact) mass is 251 g/mol. The maximum absolute atomic E-state index is 11.2. The zero-order chi connectivity index (χ0) is 13.1. The van der Waals surface area contributed by atoms with Gasteiger partial charge < -0.3 is 14.7 Å². The third-order valence-corrected chi connectivity index (χ3v) is 3.41. The summed E-state index contributed by atoms with van der Waals surface area (Å²) in [6, 6.07) is 3.40. The molecule has 1 aromatic rings. The lowest BCUT2D eigenvalue weighted by molar-refractivity contribution is 0.0592. The van der Waals surface area contributed by atoms with Gasteiger partial charge in [-0.1, -0.05) is 6.92 Å². The smallest absolute Gasteiger partial charge is 0.358 e. The number of anilines is 1. The summed E-state index contributed by atoms with van der Waals surface area (Å²) in [5.74, 6) is 0.616. The lowest BCUT2D eigenvalue weighted by Crippen LogP contribution is -2.35. The molecule has 0 aromatic carbocycles. The number of carbonyl (C=O) groups is 1. The van der Waals surface area contributed by atoms with E-state index in [0.29, 0.717) is 11.7 Å². The minimum absolute atomic E-state index is 0.0725. The Morgan fingerprint density at radius 2 is 2.33 bits per heavy atom. The predicted octanol–water partition coefficient (Wildman–Crippen LogP) is 0.470. The molecule has 0 saturated carbocycles. The van der Waals surface area contributed by atoms with E-state index in [4.69, 9.17) is 0 Å². The van der Waals surface area contributed by atoms with E-state index in [2.05, 4.69) is 21.9 Å². The number of hydrogen-bond donors (Lipinski definition) is 1. The van der Waals surface area contributed by atoms with Gasteiger partial charge in [0.05, 0.1) is 19.8 Å². The van der Waals surface area contributed by atoms with Crippen LogP contribution in [0.4, 0.5) is 5.82 Å². The summed E-state index contributed by atoms with van der Waals surface area (Å²) in [6.45, 7) is 3.05. The number of methoxy groups -OCH3 is 1. The van der Waals surface area contributed by atoms with E-state index in [0.717, 1.165) is 13.0 Å². The zero-order valence-corrected chi connectivity index (χ0v) is 10.5. The van der Waals surface area contributed by atoms with E-state index in [1.807, 2.05) is 4.90 Å². The Balaban J connectivity index is 2.17. The van der Waals surface area contributed by atoms with Crippen LogP contribution in [-0.2, 0) is 4.74 Å². The normalized spacial score (nSPS) is 23.2. The van der Waals surface area contributed by atoms with Gasteiger partial charge in [0.2, 0.25) is 0 Å². The first-order chi connectivity index (χ1) is 8.67. The lowest BCUT2D eigenvalue weighted by atomic mass is 10.0. The Hall–Kier alpha value is -1.69. The third kappa shape index (κ3) is 2.28. The molecule has 2 unspecified atom stereocenters. The predicted molar refractivity (Wildman–Crippen MR) is 65.4 cm³/mol. The highest BCUT2D eigenvalue weighted by Crippen LogP contribution is 2.27. The molecule has 6 heteroatoms. The standard InChI is InChI=1S/C12H17N3O3/c1-8-5-6-15(10(8)7-16)11-4-3-9(13-14-11)12(17)18-2/h3-4,8,10,16H,5-7H2,1-2H3. The molecule has 1 aliphatic rings. The minimum Gasteiger partial charge on any atom is -0.464 e. The molecule has 1 saturated heterocycles. The molecule has 0 radical (unpaired) electrons. The first-order valence-corrected chi connectivity index (χ1v) is 5.97. The number of nitrogens with zero attached hydrogens (tertiary/aromatic N) is 3. The van der Waals surface area contributed by atoms with Crippen molar-refractivity contribution in [2.24, 2.45) is 5.92 Å². The first-order valence-electron chi connectivity index (χ1n) is 5.97. The SMILES string of the molecule is COC(=O)c1ccc(N2CCC(C)C2CO)nn1. The van der Waals surface area contributed by atoms with Crippen LogP contribution >= 0.6 is 0 Å². The molecule has 1 fully saturated rings. The molecule has 1 aliphatic heterocycles. The highest BCUT2D eigenvalue weighted by atomic mass is 16.5. The molecule has 0 bridgehead atoms. The van der Waals surface area contributed by atoms with E-state index < -0.39 is 5.97 Å². The largest absolute Gasteiger partial charge is 0.464 e. The van der Waals surface area contributed by atoms with Crippen LogP contribution in [0.25, 0.3) is 0 Å². The fourth-order valence-electron chi connectivity index (χ4n) is 2.26. The molecule has 6 nitrogen and oxygen atoms in total. The number of aliphatic hydroxyl groups is 1. The molecule has 18 heavy (non-hydrogen) atoms. The number of ether oxygens (including phenoxy) is 1. The fourth-order valence-corrected chi connectivity index (χ4v) is 2.26. The summed E-state index contributed by atoms with van der Waals surface area (Å²) < 4.78 is 4.57. The number of carbonyl (C=O) groups excluding carboxylic acids is 1. The van der Waals surface area contributed by atoms with E-state index in [-0.39, 0.29) is 18.3 Å². The van der Waals surface area contributed by atoms with Crippen LogP contribution < -0.4 is 4.90 Å². The van der Waals surface area contributed by atoms with Gasteiger partial charge in [-0.2, -0.15) is 0 Å². The van der Waals surface area contributed by atoms with Crippen molar-refractivity contribution in [2.45, 2.75) is 19.4 Å². The topological polar surface area (TPSA) is 75.5 Å². The number of rotatable bonds is 3. The number of aromatic nitrogens is 2. The van der Waals surface area contributed by atoms with Crippen molar-refractivity contribution < 1.29 is 14.6 Å². The van der Waals surface area contributed by atoms with Crippen LogP contribution in [0.5, 0.6) is 0 Å². The molecule has 2 rings (SSSR count). The summed E-state index contributed by atoms with van der Waals surface area (Å²) in [6.07, 6.45) is 1.02. The Kier molecular flexibility index (Phi) is 3.76. The van der Waals surface area contributed by atoms with Crippen molar-refractivity contribution in [2.75, 3.05) is 25.2 Å². The summed E-state index contributed by atoms with van der Waals surface area (Å²) >= 11 is 0. The Bertz CT molecular complexity index is 421. The van der Waals surface area contributed by atoms with Crippen LogP contribution in [0, 0.1) is 5.92 Å². The van der Waals surface area contributed by atoms with E-state index in [9.17, 15) is 9.90 Å². The highest BCUT2D eigenvalue weighted by molar-refractivity contribution is 5.86. The van der Waals surface area contributed by atoms with Crippen molar-refractivity contribution in [3.05, 3.63) is 17.8 Å². The van der Waals surface area contributed by atoms with Crippen LogP contribution in [0.3, 0.4) is 0 Å². The average molecular weight is 251 g/mol. The van der Waals surface area contributed by atoms with Gasteiger partial charge in [-0.15, -0.1) is 10.2 Å². The molecule has 1 N–H and O–H groups in total. The zero-order valence-electron chi connectivity index (χ0n) is 10.5. The number of esters is 1. The van der Waals surface area contributed by atoms with Gasteiger partial charge in [0.1, 0.15) is 0 Å². The average Bonchev–Trinajstić information content (AvgIpc) is 2.79. The molecule has 0 amide bonds. The van der Waals surface area contributed by atoms with E-state index in [1.54, 1.807) is 12.1 Å². The summed E-state index contributed by atoms with van der Waals surface area (Å²) in [5, 5.41) is 17.3. The number of hydrogen-bond acceptors (Lipinski definition) is 6. The molecule has 0 aliphatic carbocycles. The van der Waals surface area contributed by atoms with Gasteiger partial charge >= 0.3 is 5.97 Å². The van der Waals surface area contributed by atoms with Crippen molar-refractivity contribution in [1.29, 1.82) is 0 Å². The van der Waals surface area contributed by atoms with Crippen LogP contribution in [-0.4, -0.2) is 47.6 Å². The van der Waals surface area contributed by atoms with Gasteiger partial charge in [-0.3, -0.25) is 0 Å². The summed E-state index contributed by atoms with van der Waals surface area (Å²) in [4.78, 5) is 13.3. The Labute approximate surface area is 106 Å². The highest BCUT2D eigenvalue weighted by Gasteiger charge is 2.31. The van der Waals surface area contributed by atoms with Gasteiger partial charge in [-0.05, 0) is 24.5 Å². The second-order valence-corrected chi connectivity index (χ2v) is 4.48. The fraction of sp³-hybridized carbons (Fsp3) is 0.583. The van der Waals surface area contributed by atoms with Gasteiger partial charge in [0.15, 0.2) is 11.5 Å². The Morgan fingerprint density at radius 3 is 2.89 bits per heavy atom. The van der Waals surface area contributed by atoms with Crippen LogP contribution in [0.1, 0.15) is 23.8 Å². The second-order valence-electron chi connectivity index (χ2n) is 4.48. The first kappa shape index (κ1) is 12.8. The van der Waals surface area contributed by atoms with E-state index >= 15 is 0 Å². The van der Waals surface area contributed by atoms with Crippen molar-refractivity contribution in [3.8, 4) is 0 Å². The van der Waals surface area contributed by atoms with E-state index in [1.165, 1.54) is 7.11 Å². The van der Waals surface area contributed by atoms with Gasteiger partial charge in [0, 0.05) is 6.54 Å². The molecule has 1 aromatic heterocycles. The number of aliphatic hydroxyl groups excluding tert-OH is 1. The van der Waals surface area contributed by atoms with Crippen molar-refractivity contribution >= 4 is 11.8 Å². The van der Waals surface area contributed by atoms with Crippen molar-refractivity contribution in [1.82, 2.24) is 10.2 Å². The molecule has 0 spiro atoms.